The molecule has 1 heterocycles. The molecule has 2 rings (SSSR count). The van der Waals surface area contributed by atoms with Gasteiger partial charge in [0.05, 0.1) is 19.8 Å². The highest BCUT2D eigenvalue weighted by Gasteiger charge is 2.12. The Hall–Kier alpha value is -1.22. The van der Waals surface area contributed by atoms with Crippen molar-refractivity contribution in [1.82, 2.24) is 0 Å². The van der Waals surface area contributed by atoms with Crippen molar-refractivity contribution >= 4 is 5.69 Å². The van der Waals surface area contributed by atoms with Crippen LogP contribution < -0.4 is 9.64 Å². The largest absolute Gasteiger partial charge is 0.494 e. The number of benzene rings is 1. The van der Waals surface area contributed by atoms with Gasteiger partial charge in [0, 0.05) is 24.8 Å². The Morgan fingerprint density at radius 1 is 1.31 bits per heavy atom. The lowest BCUT2D eigenvalue weighted by Gasteiger charge is -2.29. The number of morpholine rings is 1. The fourth-order valence-electron chi connectivity index (χ4n) is 1.92. The molecular formula is C13H19NO2. The second-order valence-electron chi connectivity index (χ2n) is 3.98. The zero-order valence-electron chi connectivity index (χ0n) is 10.0. The zero-order valence-corrected chi connectivity index (χ0v) is 10.0. The van der Waals surface area contributed by atoms with Crippen molar-refractivity contribution in [2.24, 2.45) is 0 Å². The maximum absolute atomic E-state index is 5.61. The van der Waals surface area contributed by atoms with Crippen LogP contribution in [0.15, 0.2) is 18.2 Å². The molecule has 3 heteroatoms. The Morgan fingerprint density at radius 2 is 2.06 bits per heavy atom. The maximum atomic E-state index is 5.61. The molecule has 0 atom stereocenters. The van der Waals surface area contributed by atoms with Crippen molar-refractivity contribution in [2.45, 2.75) is 13.8 Å². The van der Waals surface area contributed by atoms with Crippen molar-refractivity contribution < 1.29 is 9.47 Å². The van der Waals surface area contributed by atoms with E-state index in [-0.39, 0.29) is 0 Å². The minimum absolute atomic E-state index is 0.716. The van der Waals surface area contributed by atoms with Gasteiger partial charge in [-0.05, 0) is 25.5 Å². The minimum Gasteiger partial charge on any atom is -0.494 e. The molecule has 16 heavy (non-hydrogen) atoms. The summed E-state index contributed by atoms with van der Waals surface area (Å²) in [5.74, 6) is 0.992. The molecular weight excluding hydrogens is 202 g/mol. The molecule has 1 aliphatic rings. The summed E-state index contributed by atoms with van der Waals surface area (Å²) >= 11 is 0. The fraction of sp³-hybridized carbons (Fsp3) is 0.538. The Balaban J connectivity index is 2.17. The third kappa shape index (κ3) is 2.47. The first-order valence-corrected chi connectivity index (χ1v) is 5.87. The Kier molecular flexibility index (Phi) is 3.67. The summed E-state index contributed by atoms with van der Waals surface area (Å²) in [4.78, 5) is 2.34. The van der Waals surface area contributed by atoms with Crippen molar-refractivity contribution in [1.29, 1.82) is 0 Å². The molecule has 0 radical (unpaired) electrons. The van der Waals surface area contributed by atoms with E-state index in [1.807, 2.05) is 6.92 Å². The van der Waals surface area contributed by atoms with Crippen molar-refractivity contribution in [3.8, 4) is 5.75 Å². The van der Waals surface area contributed by atoms with Gasteiger partial charge in [0.15, 0.2) is 0 Å². The van der Waals surface area contributed by atoms with Gasteiger partial charge in [-0.15, -0.1) is 0 Å². The molecule has 88 valence electrons. The molecule has 0 bridgehead atoms. The molecule has 0 spiro atoms. The molecule has 0 aromatic heterocycles. The smallest absolute Gasteiger partial charge is 0.124 e. The van der Waals surface area contributed by atoms with Gasteiger partial charge < -0.3 is 14.4 Å². The van der Waals surface area contributed by atoms with E-state index in [9.17, 15) is 0 Å². The normalized spacial score (nSPS) is 16.2. The van der Waals surface area contributed by atoms with Crippen LogP contribution >= 0.6 is 0 Å². The summed E-state index contributed by atoms with van der Waals surface area (Å²) in [5, 5.41) is 0. The number of aryl methyl sites for hydroxylation is 1. The fourth-order valence-corrected chi connectivity index (χ4v) is 1.92. The highest BCUT2D eigenvalue weighted by Crippen LogP contribution is 2.25. The Morgan fingerprint density at radius 3 is 2.75 bits per heavy atom. The predicted octanol–water partition coefficient (Wildman–Crippen LogP) is 2.23. The number of rotatable bonds is 3. The summed E-state index contributed by atoms with van der Waals surface area (Å²) < 4.78 is 11.0. The molecule has 1 saturated heterocycles. The second kappa shape index (κ2) is 5.21. The van der Waals surface area contributed by atoms with E-state index < -0.39 is 0 Å². The molecule has 0 N–H and O–H groups in total. The molecule has 1 aromatic carbocycles. The van der Waals surface area contributed by atoms with E-state index in [2.05, 4.69) is 30.0 Å². The van der Waals surface area contributed by atoms with Crippen molar-refractivity contribution in [3.63, 3.8) is 0 Å². The number of hydrogen-bond acceptors (Lipinski definition) is 3. The van der Waals surface area contributed by atoms with E-state index >= 15 is 0 Å². The average Bonchev–Trinajstić information content (AvgIpc) is 2.33. The third-order valence-corrected chi connectivity index (χ3v) is 2.85. The molecule has 1 fully saturated rings. The van der Waals surface area contributed by atoms with Crippen LogP contribution in [0.4, 0.5) is 5.69 Å². The van der Waals surface area contributed by atoms with Crippen LogP contribution in [0.5, 0.6) is 5.75 Å². The maximum Gasteiger partial charge on any atom is 0.124 e. The van der Waals surface area contributed by atoms with E-state index in [4.69, 9.17) is 9.47 Å². The van der Waals surface area contributed by atoms with Gasteiger partial charge in [-0.25, -0.2) is 0 Å². The zero-order chi connectivity index (χ0) is 11.4. The monoisotopic (exact) mass is 221 g/mol. The van der Waals surface area contributed by atoms with Crippen LogP contribution in [0.1, 0.15) is 12.5 Å². The van der Waals surface area contributed by atoms with Gasteiger partial charge in [-0.2, -0.15) is 0 Å². The van der Waals surface area contributed by atoms with Crippen molar-refractivity contribution in [2.75, 3.05) is 37.8 Å². The summed E-state index contributed by atoms with van der Waals surface area (Å²) in [6, 6.07) is 6.41. The van der Waals surface area contributed by atoms with Gasteiger partial charge in [-0.1, -0.05) is 6.07 Å². The van der Waals surface area contributed by atoms with Gasteiger partial charge in [0.25, 0.3) is 0 Å². The topological polar surface area (TPSA) is 21.7 Å². The lowest BCUT2D eigenvalue weighted by molar-refractivity contribution is 0.122. The summed E-state index contributed by atoms with van der Waals surface area (Å²) in [7, 11) is 0. The van der Waals surface area contributed by atoms with Crippen molar-refractivity contribution in [3.05, 3.63) is 23.8 Å². The number of hydrogen-bond donors (Lipinski definition) is 0. The summed E-state index contributed by atoms with van der Waals surface area (Å²) in [5.41, 5.74) is 2.43. The minimum atomic E-state index is 0.716. The number of nitrogens with zero attached hydrogens (tertiary/aromatic N) is 1. The van der Waals surface area contributed by atoms with Crippen LogP contribution in [0, 0.1) is 6.92 Å². The van der Waals surface area contributed by atoms with E-state index in [1.54, 1.807) is 0 Å². The summed E-state index contributed by atoms with van der Waals surface area (Å²) in [6.45, 7) is 8.38. The molecule has 3 nitrogen and oxygen atoms in total. The quantitative estimate of drug-likeness (QED) is 0.781. The van der Waals surface area contributed by atoms with Gasteiger partial charge >= 0.3 is 0 Å². The standard InChI is InChI=1S/C13H19NO2/c1-3-16-13-10-12(5-4-11(13)2)14-6-8-15-9-7-14/h4-5,10H,3,6-9H2,1-2H3. The lowest BCUT2D eigenvalue weighted by atomic mass is 10.2. The molecule has 0 saturated carbocycles. The average molecular weight is 221 g/mol. The van der Waals surface area contributed by atoms with Crippen LogP contribution in [-0.2, 0) is 4.74 Å². The highest BCUT2D eigenvalue weighted by atomic mass is 16.5. The van der Waals surface area contributed by atoms with Gasteiger partial charge in [0.2, 0.25) is 0 Å². The SMILES string of the molecule is CCOc1cc(N2CCOCC2)ccc1C. The Labute approximate surface area is 97.0 Å². The van der Waals surface area contributed by atoms with Crippen LogP contribution in [0.25, 0.3) is 0 Å². The first-order valence-electron chi connectivity index (χ1n) is 5.87. The van der Waals surface area contributed by atoms with Gasteiger partial charge in [-0.3, -0.25) is 0 Å². The van der Waals surface area contributed by atoms with Crippen LogP contribution in [-0.4, -0.2) is 32.9 Å². The first-order chi connectivity index (χ1) is 7.81. The van der Waals surface area contributed by atoms with Crippen LogP contribution in [0.2, 0.25) is 0 Å². The van der Waals surface area contributed by atoms with E-state index in [1.165, 1.54) is 11.3 Å². The summed E-state index contributed by atoms with van der Waals surface area (Å²) in [6.07, 6.45) is 0. The highest BCUT2D eigenvalue weighted by molar-refractivity contribution is 5.53. The van der Waals surface area contributed by atoms with Gasteiger partial charge in [0.1, 0.15) is 5.75 Å². The van der Waals surface area contributed by atoms with Crippen LogP contribution in [0.3, 0.4) is 0 Å². The third-order valence-electron chi connectivity index (χ3n) is 2.85. The Bertz CT molecular complexity index is 346. The second-order valence-corrected chi connectivity index (χ2v) is 3.98. The number of ether oxygens (including phenoxy) is 2. The van der Waals surface area contributed by atoms with E-state index in [0.29, 0.717) is 6.61 Å². The molecule has 0 unspecified atom stereocenters. The molecule has 0 amide bonds. The first kappa shape index (κ1) is 11.3. The lowest BCUT2D eigenvalue weighted by Crippen LogP contribution is -2.36. The number of anilines is 1. The molecule has 1 aliphatic heterocycles. The predicted molar refractivity (Wildman–Crippen MR) is 65.4 cm³/mol. The molecule has 1 aromatic rings. The molecule has 0 aliphatic carbocycles. The van der Waals surface area contributed by atoms with E-state index in [0.717, 1.165) is 32.1 Å².